The molecular formula is C12H21BN2O2S. The summed E-state index contributed by atoms with van der Waals surface area (Å²) in [6.45, 7) is 10.3. The van der Waals surface area contributed by atoms with Gasteiger partial charge in [-0.1, -0.05) is 0 Å². The molecule has 2 heterocycles. The Bertz CT molecular complexity index is 429. The van der Waals surface area contributed by atoms with Crippen LogP contribution in [0, 0.1) is 6.92 Å². The van der Waals surface area contributed by atoms with Crippen molar-refractivity contribution in [3.63, 3.8) is 0 Å². The number of aromatic nitrogens is 1. The number of nitrogens with two attached hydrogens (primary N) is 1. The van der Waals surface area contributed by atoms with Crippen LogP contribution in [0.3, 0.4) is 0 Å². The zero-order valence-electron chi connectivity index (χ0n) is 11.7. The standard InChI is InChI=1S/C12H21BN2O2S/c1-8-9(18-10(14)15-8)6-7-13-16-11(2,3)12(4,5)17-13/h6-7H2,1-5H3,(H2,14,15). The average molecular weight is 268 g/mol. The molecule has 0 saturated carbocycles. The fourth-order valence-electron chi connectivity index (χ4n) is 2.01. The summed E-state index contributed by atoms with van der Waals surface area (Å²) >= 11 is 1.55. The topological polar surface area (TPSA) is 57.4 Å². The molecule has 0 aromatic carbocycles. The van der Waals surface area contributed by atoms with Crippen LogP contribution in [-0.2, 0) is 15.7 Å². The third-order valence-corrected chi connectivity index (χ3v) is 4.86. The third-order valence-electron chi connectivity index (χ3n) is 3.82. The second-order valence-corrected chi connectivity index (χ2v) is 6.90. The number of hydrogen-bond donors (Lipinski definition) is 1. The molecule has 2 N–H and O–H groups in total. The molecule has 0 bridgehead atoms. The van der Waals surface area contributed by atoms with Gasteiger partial charge >= 0.3 is 7.12 Å². The molecule has 1 aromatic heterocycles. The summed E-state index contributed by atoms with van der Waals surface area (Å²) in [4.78, 5) is 5.45. The van der Waals surface area contributed by atoms with Crippen LogP contribution in [0.1, 0.15) is 38.3 Å². The molecule has 0 spiro atoms. The van der Waals surface area contributed by atoms with Gasteiger partial charge in [0.15, 0.2) is 5.13 Å². The average Bonchev–Trinajstić information content (AvgIpc) is 2.61. The summed E-state index contributed by atoms with van der Waals surface area (Å²) < 4.78 is 11.9. The van der Waals surface area contributed by atoms with Crippen LogP contribution in [0.5, 0.6) is 0 Å². The SMILES string of the molecule is Cc1nc(N)sc1CCB1OC(C)(C)C(C)(C)O1. The Balaban J connectivity index is 1.95. The summed E-state index contributed by atoms with van der Waals surface area (Å²) in [5.41, 5.74) is 6.22. The van der Waals surface area contributed by atoms with Gasteiger partial charge in [0, 0.05) is 4.88 Å². The molecular weight excluding hydrogens is 247 g/mol. The minimum Gasteiger partial charge on any atom is -0.403 e. The summed E-state index contributed by atoms with van der Waals surface area (Å²) in [6.07, 6.45) is 1.74. The molecule has 0 amide bonds. The van der Waals surface area contributed by atoms with Crippen molar-refractivity contribution in [1.82, 2.24) is 4.98 Å². The minimum atomic E-state index is -0.251. The maximum atomic E-state index is 5.96. The van der Waals surface area contributed by atoms with Crippen molar-refractivity contribution in [1.29, 1.82) is 0 Å². The lowest BCUT2D eigenvalue weighted by molar-refractivity contribution is 0.00578. The predicted molar refractivity (Wildman–Crippen MR) is 75.9 cm³/mol. The predicted octanol–water partition coefficient (Wildman–Crippen LogP) is 2.67. The molecule has 1 aliphatic rings. The van der Waals surface area contributed by atoms with E-state index >= 15 is 0 Å². The highest BCUT2D eigenvalue weighted by molar-refractivity contribution is 7.15. The molecule has 0 radical (unpaired) electrons. The van der Waals surface area contributed by atoms with E-state index in [1.807, 2.05) is 6.92 Å². The number of aryl methyl sites for hydroxylation is 2. The lowest BCUT2D eigenvalue weighted by atomic mass is 9.82. The van der Waals surface area contributed by atoms with Gasteiger partial charge in [0.05, 0.1) is 16.9 Å². The molecule has 6 heteroatoms. The first-order valence-corrected chi connectivity index (χ1v) is 7.10. The Kier molecular flexibility index (Phi) is 3.47. The van der Waals surface area contributed by atoms with E-state index in [2.05, 4.69) is 32.7 Å². The molecule has 4 nitrogen and oxygen atoms in total. The maximum absolute atomic E-state index is 5.96. The quantitative estimate of drug-likeness (QED) is 0.856. The van der Waals surface area contributed by atoms with Crippen LogP contribution in [0.15, 0.2) is 0 Å². The first kappa shape index (κ1) is 13.8. The van der Waals surface area contributed by atoms with Crippen molar-refractivity contribution in [2.75, 3.05) is 5.73 Å². The number of rotatable bonds is 3. The van der Waals surface area contributed by atoms with Gasteiger partial charge in [-0.2, -0.15) is 0 Å². The van der Waals surface area contributed by atoms with E-state index in [9.17, 15) is 0 Å². The monoisotopic (exact) mass is 268 g/mol. The highest BCUT2D eigenvalue weighted by Gasteiger charge is 2.50. The van der Waals surface area contributed by atoms with E-state index in [1.54, 1.807) is 11.3 Å². The summed E-state index contributed by atoms with van der Waals surface area (Å²) in [5.74, 6) is 0. The van der Waals surface area contributed by atoms with E-state index in [4.69, 9.17) is 15.0 Å². The molecule has 0 unspecified atom stereocenters. The second-order valence-electron chi connectivity index (χ2n) is 5.79. The fraction of sp³-hybridized carbons (Fsp3) is 0.750. The molecule has 0 atom stereocenters. The molecule has 1 saturated heterocycles. The Morgan fingerprint density at radius 1 is 1.22 bits per heavy atom. The molecule has 100 valence electrons. The van der Waals surface area contributed by atoms with E-state index in [-0.39, 0.29) is 18.3 Å². The normalized spacial score (nSPS) is 21.5. The van der Waals surface area contributed by atoms with Gasteiger partial charge in [-0.15, -0.1) is 11.3 Å². The van der Waals surface area contributed by atoms with Crippen molar-refractivity contribution < 1.29 is 9.31 Å². The maximum Gasteiger partial charge on any atom is 0.458 e. The van der Waals surface area contributed by atoms with Crippen LogP contribution >= 0.6 is 11.3 Å². The van der Waals surface area contributed by atoms with Crippen molar-refractivity contribution in [2.45, 2.75) is 58.6 Å². The summed E-state index contributed by atoms with van der Waals surface area (Å²) in [6, 6.07) is 0. The summed E-state index contributed by atoms with van der Waals surface area (Å²) in [7, 11) is -0.141. The molecule has 0 aliphatic carbocycles. The Morgan fingerprint density at radius 2 is 1.78 bits per heavy atom. The van der Waals surface area contributed by atoms with Gasteiger partial charge in [-0.25, -0.2) is 4.98 Å². The lowest BCUT2D eigenvalue weighted by Gasteiger charge is -2.32. The summed E-state index contributed by atoms with van der Waals surface area (Å²) in [5, 5.41) is 0.636. The number of anilines is 1. The van der Waals surface area contributed by atoms with Crippen LogP contribution < -0.4 is 5.73 Å². The second kappa shape index (κ2) is 4.51. The van der Waals surface area contributed by atoms with E-state index < -0.39 is 0 Å². The molecule has 1 aromatic rings. The Hall–Kier alpha value is -0.585. The van der Waals surface area contributed by atoms with Gasteiger partial charge in [0.2, 0.25) is 0 Å². The highest BCUT2D eigenvalue weighted by Crippen LogP contribution is 2.38. The first-order valence-electron chi connectivity index (χ1n) is 6.29. The zero-order valence-corrected chi connectivity index (χ0v) is 12.6. The van der Waals surface area contributed by atoms with Gasteiger partial charge < -0.3 is 15.0 Å². The van der Waals surface area contributed by atoms with Crippen LogP contribution in [0.25, 0.3) is 0 Å². The number of hydrogen-bond acceptors (Lipinski definition) is 5. The molecule has 1 aliphatic heterocycles. The van der Waals surface area contributed by atoms with Gasteiger partial charge in [-0.05, 0) is 47.4 Å². The van der Waals surface area contributed by atoms with E-state index in [0.29, 0.717) is 5.13 Å². The van der Waals surface area contributed by atoms with E-state index in [0.717, 1.165) is 18.4 Å². The molecule has 1 fully saturated rings. The number of nitrogen functional groups attached to an aromatic ring is 1. The molecule has 18 heavy (non-hydrogen) atoms. The zero-order chi connectivity index (χ0) is 13.6. The number of nitrogens with zero attached hydrogens (tertiary/aromatic N) is 1. The third kappa shape index (κ3) is 2.55. The number of thiazole rings is 1. The minimum absolute atomic E-state index is 0.141. The Morgan fingerprint density at radius 3 is 2.22 bits per heavy atom. The van der Waals surface area contributed by atoms with Gasteiger partial charge in [0.25, 0.3) is 0 Å². The smallest absolute Gasteiger partial charge is 0.403 e. The largest absolute Gasteiger partial charge is 0.458 e. The Labute approximate surface area is 113 Å². The highest BCUT2D eigenvalue weighted by atomic mass is 32.1. The molecule has 2 rings (SSSR count). The fourth-order valence-corrected chi connectivity index (χ4v) is 2.86. The van der Waals surface area contributed by atoms with Crippen molar-refractivity contribution in [2.24, 2.45) is 0 Å². The van der Waals surface area contributed by atoms with Crippen molar-refractivity contribution in [3.05, 3.63) is 10.6 Å². The van der Waals surface area contributed by atoms with Crippen LogP contribution in [0.2, 0.25) is 6.32 Å². The van der Waals surface area contributed by atoms with Gasteiger partial charge in [-0.3, -0.25) is 0 Å². The van der Waals surface area contributed by atoms with Crippen LogP contribution in [-0.4, -0.2) is 23.3 Å². The van der Waals surface area contributed by atoms with Gasteiger partial charge in [0.1, 0.15) is 0 Å². The van der Waals surface area contributed by atoms with E-state index in [1.165, 1.54) is 4.88 Å². The van der Waals surface area contributed by atoms with Crippen molar-refractivity contribution >= 4 is 23.6 Å². The first-order chi connectivity index (χ1) is 8.21. The lowest BCUT2D eigenvalue weighted by Crippen LogP contribution is -2.41. The van der Waals surface area contributed by atoms with Crippen LogP contribution in [0.4, 0.5) is 5.13 Å². The van der Waals surface area contributed by atoms with Crippen molar-refractivity contribution in [3.8, 4) is 0 Å².